The van der Waals surface area contributed by atoms with Crippen LogP contribution in [0.1, 0.15) is 24.2 Å². The van der Waals surface area contributed by atoms with Gasteiger partial charge in [-0.15, -0.1) is 0 Å². The van der Waals surface area contributed by atoms with E-state index in [1.54, 1.807) is 4.68 Å². The van der Waals surface area contributed by atoms with Crippen LogP contribution in [-0.2, 0) is 24.8 Å². The van der Waals surface area contributed by atoms with Crippen molar-refractivity contribution < 1.29 is 9.53 Å². The van der Waals surface area contributed by atoms with Gasteiger partial charge >= 0.3 is 6.03 Å². The molecule has 0 aliphatic carbocycles. The van der Waals surface area contributed by atoms with Crippen molar-refractivity contribution in [2.75, 3.05) is 19.6 Å². The lowest BCUT2D eigenvalue weighted by molar-refractivity contribution is 0.00448. The monoisotopic (exact) mass is 343 g/mol. The standard InChI is InChI=1S/C18H25N5O2/c1-22-17(20-14-21-22)7-10-19-18(24)23-11-8-16(9-12-23)25-13-15-5-3-2-4-6-15/h2-6,14,16H,7-13H2,1H3,(H,19,24). The highest BCUT2D eigenvalue weighted by molar-refractivity contribution is 5.74. The molecule has 1 saturated heterocycles. The Kier molecular flexibility index (Phi) is 6.00. The second-order valence-electron chi connectivity index (χ2n) is 6.26. The van der Waals surface area contributed by atoms with Crippen LogP contribution in [0.3, 0.4) is 0 Å². The molecule has 0 bridgehead atoms. The van der Waals surface area contributed by atoms with E-state index in [2.05, 4.69) is 27.5 Å². The highest BCUT2D eigenvalue weighted by atomic mass is 16.5. The van der Waals surface area contributed by atoms with Gasteiger partial charge in [0.15, 0.2) is 0 Å². The second kappa shape index (κ2) is 8.62. The minimum atomic E-state index is -0.0105. The number of urea groups is 1. The number of carbonyl (C=O) groups excluding carboxylic acids is 1. The Hall–Kier alpha value is -2.41. The Morgan fingerprint density at radius 1 is 1.28 bits per heavy atom. The predicted molar refractivity (Wildman–Crippen MR) is 93.9 cm³/mol. The molecule has 134 valence electrons. The van der Waals surface area contributed by atoms with Gasteiger partial charge in [-0.2, -0.15) is 5.10 Å². The molecule has 2 heterocycles. The number of ether oxygens (including phenoxy) is 1. The number of nitrogens with zero attached hydrogens (tertiary/aromatic N) is 4. The first kappa shape index (κ1) is 17.4. The van der Waals surface area contributed by atoms with Gasteiger partial charge < -0.3 is 15.0 Å². The highest BCUT2D eigenvalue weighted by Crippen LogP contribution is 2.15. The summed E-state index contributed by atoms with van der Waals surface area (Å²) in [6.07, 6.45) is 4.19. The fourth-order valence-corrected chi connectivity index (χ4v) is 2.95. The molecule has 0 spiro atoms. The number of hydrogen-bond donors (Lipinski definition) is 1. The van der Waals surface area contributed by atoms with Crippen LogP contribution >= 0.6 is 0 Å². The van der Waals surface area contributed by atoms with Gasteiger partial charge in [0.25, 0.3) is 0 Å². The molecule has 0 radical (unpaired) electrons. The molecule has 2 amide bonds. The molecule has 3 rings (SSSR count). The first-order valence-electron chi connectivity index (χ1n) is 8.73. The first-order chi connectivity index (χ1) is 12.2. The quantitative estimate of drug-likeness (QED) is 0.867. The number of aromatic nitrogens is 3. The topological polar surface area (TPSA) is 72.3 Å². The first-order valence-corrected chi connectivity index (χ1v) is 8.73. The Labute approximate surface area is 148 Å². The van der Waals surface area contributed by atoms with Crippen molar-refractivity contribution in [3.8, 4) is 0 Å². The molecule has 1 aliphatic rings. The highest BCUT2D eigenvalue weighted by Gasteiger charge is 2.23. The van der Waals surface area contributed by atoms with E-state index in [1.807, 2.05) is 30.1 Å². The molecule has 0 saturated carbocycles. The summed E-state index contributed by atoms with van der Waals surface area (Å²) in [7, 11) is 1.85. The number of aryl methyl sites for hydroxylation is 1. The van der Waals surface area contributed by atoms with Gasteiger partial charge in [0.1, 0.15) is 12.2 Å². The summed E-state index contributed by atoms with van der Waals surface area (Å²) >= 11 is 0. The third-order valence-corrected chi connectivity index (χ3v) is 4.49. The Balaban J connectivity index is 1.34. The molecule has 7 heteroatoms. The van der Waals surface area contributed by atoms with Crippen LogP contribution in [0.2, 0.25) is 0 Å². The average Bonchev–Trinajstić information content (AvgIpc) is 3.06. The van der Waals surface area contributed by atoms with Crippen molar-refractivity contribution in [3.05, 3.63) is 48.0 Å². The lowest BCUT2D eigenvalue weighted by atomic mass is 10.1. The van der Waals surface area contributed by atoms with Gasteiger partial charge in [0, 0.05) is 33.1 Å². The van der Waals surface area contributed by atoms with Crippen molar-refractivity contribution in [3.63, 3.8) is 0 Å². The molecule has 1 aliphatic heterocycles. The minimum Gasteiger partial charge on any atom is -0.373 e. The summed E-state index contributed by atoms with van der Waals surface area (Å²) in [6.45, 7) is 2.66. The van der Waals surface area contributed by atoms with Gasteiger partial charge in [-0.3, -0.25) is 4.68 Å². The fraction of sp³-hybridized carbons (Fsp3) is 0.500. The maximum Gasteiger partial charge on any atom is 0.317 e. The van der Waals surface area contributed by atoms with Crippen LogP contribution in [0, 0.1) is 0 Å². The Morgan fingerprint density at radius 2 is 2.04 bits per heavy atom. The number of likely N-dealkylation sites (tertiary alicyclic amines) is 1. The van der Waals surface area contributed by atoms with Crippen molar-refractivity contribution in [1.82, 2.24) is 25.0 Å². The molecule has 1 fully saturated rings. The molecule has 1 aromatic heterocycles. The summed E-state index contributed by atoms with van der Waals surface area (Å²) < 4.78 is 7.69. The molecule has 1 N–H and O–H groups in total. The summed E-state index contributed by atoms with van der Waals surface area (Å²) in [5.41, 5.74) is 1.19. The molecule has 2 aromatic rings. The van der Waals surface area contributed by atoms with E-state index in [9.17, 15) is 4.79 Å². The maximum absolute atomic E-state index is 12.2. The number of piperidine rings is 1. The van der Waals surface area contributed by atoms with Crippen LogP contribution in [-0.4, -0.2) is 51.4 Å². The lowest BCUT2D eigenvalue weighted by Crippen LogP contribution is -2.46. The third kappa shape index (κ3) is 5.03. The van der Waals surface area contributed by atoms with E-state index in [4.69, 9.17) is 4.74 Å². The summed E-state index contributed by atoms with van der Waals surface area (Å²) in [4.78, 5) is 18.2. The van der Waals surface area contributed by atoms with Gasteiger partial charge in [-0.1, -0.05) is 30.3 Å². The van der Waals surface area contributed by atoms with Gasteiger partial charge in [0.2, 0.25) is 0 Å². The minimum absolute atomic E-state index is 0.0105. The molecule has 0 atom stereocenters. The molecule has 25 heavy (non-hydrogen) atoms. The largest absolute Gasteiger partial charge is 0.373 e. The number of benzene rings is 1. The van der Waals surface area contributed by atoms with E-state index in [1.165, 1.54) is 11.9 Å². The average molecular weight is 343 g/mol. The Bertz CT molecular complexity index is 665. The maximum atomic E-state index is 12.2. The second-order valence-corrected chi connectivity index (χ2v) is 6.26. The molecule has 7 nitrogen and oxygen atoms in total. The van der Waals surface area contributed by atoms with Crippen LogP contribution in [0.4, 0.5) is 4.79 Å². The van der Waals surface area contributed by atoms with Crippen molar-refractivity contribution in [2.45, 2.75) is 32.0 Å². The summed E-state index contributed by atoms with van der Waals surface area (Å²) in [5.74, 6) is 0.869. The predicted octanol–water partition coefficient (Wildman–Crippen LogP) is 1.75. The van der Waals surface area contributed by atoms with Gasteiger partial charge in [0.05, 0.1) is 12.7 Å². The Morgan fingerprint density at radius 3 is 2.72 bits per heavy atom. The van der Waals surface area contributed by atoms with Gasteiger partial charge in [-0.05, 0) is 18.4 Å². The SMILES string of the molecule is Cn1ncnc1CCNC(=O)N1CCC(OCc2ccccc2)CC1. The van der Waals surface area contributed by atoms with E-state index < -0.39 is 0 Å². The normalized spacial score (nSPS) is 15.3. The van der Waals surface area contributed by atoms with Crippen LogP contribution in [0.25, 0.3) is 0 Å². The van der Waals surface area contributed by atoms with E-state index in [0.29, 0.717) is 19.6 Å². The molecule has 0 unspecified atom stereocenters. The number of hydrogen-bond acceptors (Lipinski definition) is 4. The van der Waals surface area contributed by atoms with Crippen molar-refractivity contribution in [2.24, 2.45) is 7.05 Å². The van der Waals surface area contributed by atoms with E-state index in [-0.39, 0.29) is 12.1 Å². The van der Waals surface area contributed by atoms with Gasteiger partial charge in [-0.25, -0.2) is 9.78 Å². The molecule has 1 aromatic carbocycles. The van der Waals surface area contributed by atoms with Crippen LogP contribution < -0.4 is 5.32 Å². The summed E-state index contributed by atoms with van der Waals surface area (Å²) in [5, 5.41) is 6.98. The molecular formula is C18H25N5O2. The zero-order valence-electron chi connectivity index (χ0n) is 14.6. The number of rotatable bonds is 6. The van der Waals surface area contributed by atoms with Crippen LogP contribution in [0.5, 0.6) is 0 Å². The third-order valence-electron chi connectivity index (χ3n) is 4.49. The lowest BCUT2D eigenvalue weighted by Gasteiger charge is -2.32. The smallest absolute Gasteiger partial charge is 0.317 e. The van der Waals surface area contributed by atoms with E-state index in [0.717, 1.165) is 31.8 Å². The van der Waals surface area contributed by atoms with Crippen molar-refractivity contribution in [1.29, 1.82) is 0 Å². The summed E-state index contributed by atoms with van der Waals surface area (Å²) in [6, 6.07) is 10.2. The number of nitrogens with one attached hydrogen (secondary N) is 1. The zero-order valence-corrected chi connectivity index (χ0v) is 14.6. The number of carbonyl (C=O) groups is 1. The van der Waals surface area contributed by atoms with E-state index >= 15 is 0 Å². The zero-order chi connectivity index (χ0) is 17.5. The molecular weight excluding hydrogens is 318 g/mol. The number of amides is 2. The van der Waals surface area contributed by atoms with Crippen LogP contribution in [0.15, 0.2) is 36.7 Å². The fourth-order valence-electron chi connectivity index (χ4n) is 2.95. The van der Waals surface area contributed by atoms with Crippen molar-refractivity contribution >= 4 is 6.03 Å².